The minimum Gasteiger partial charge on any atom is -0.310 e. The number of aromatic nitrogens is 1. The SMILES string of the molecule is CC(C)(C)c1ccc2c(c1)c1cc(N(c3ccccc3)c3ccccc3)ccc1n2-c1c2ccccc2cc2ccccc12. The van der Waals surface area contributed by atoms with Crippen LogP contribution in [0.15, 0.2) is 152 Å². The second kappa shape index (κ2) is 10.1. The molecule has 1 heterocycles. The van der Waals surface area contributed by atoms with Gasteiger partial charge in [-0.15, -0.1) is 0 Å². The Balaban J connectivity index is 1.49. The highest BCUT2D eigenvalue weighted by atomic mass is 15.1. The molecule has 0 N–H and O–H groups in total. The van der Waals surface area contributed by atoms with Crippen molar-refractivity contribution in [2.75, 3.05) is 4.90 Å². The van der Waals surface area contributed by atoms with Gasteiger partial charge in [0.25, 0.3) is 0 Å². The molecule has 0 aliphatic heterocycles. The predicted octanol–water partition coefficient (Wildman–Crippen LogP) is 11.9. The first-order valence-corrected chi connectivity index (χ1v) is 15.4. The monoisotopic (exact) mass is 566 g/mol. The van der Waals surface area contributed by atoms with Gasteiger partial charge in [-0.05, 0) is 82.4 Å². The zero-order chi connectivity index (χ0) is 29.8. The Morgan fingerprint density at radius 3 is 1.50 bits per heavy atom. The fourth-order valence-corrected chi connectivity index (χ4v) is 6.69. The fourth-order valence-electron chi connectivity index (χ4n) is 6.69. The number of rotatable bonds is 4. The minimum atomic E-state index is 0.0342. The Morgan fingerprint density at radius 2 is 0.932 bits per heavy atom. The van der Waals surface area contributed by atoms with Crippen molar-refractivity contribution in [1.29, 1.82) is 0 Å². The zero-order valence-corrected chi connectivity index (χ0v) is 25.3. The molecule has 2 nitrogen and oxygen atoms in total. The van der Waals surface area contributed by atoms with Gasteiger partial charge in [0.2, 0.25) is 0 Å². The summed E-state index contributed by atoms with van der Waals surface area (Å²) in [6, 6.07) is 55.2. The zero-order valence-electron chi connectivity index (χ0n) is 25.3. The lowest BCUT2D eigenvalue weighted by molar-refractivity contribution is 0.591. The smallest absolute Gasteiger partial charge is 0.0618 e. The van der Waals surface area contributed by atoms with Crippen LogP contribution in [0, 0.1) is 0 Å². The van der Waals surface area contributed by atoms with Crippen molar-refractivity contribution in [2.45, 2.75) is 26.2 Å². The molecule has 0 aliphatic carbocycles. The number of fused-ring (bicyclic) bond motifs is 5. The van der Waals surface area contributed by atoms with Crippen LogP contribution in [0.2, 0.25) is 0 Å². The molecule has 0 saturated carbocycles. The Kier molecular flexibility index (Phi) is 6.06. The summed E-state index contributed by atoms with van der Waals surface area (Å²) in [5.41, 5.74) is 8.44. The molecule has 0 bridgehead atoms. The summed E-state index contributed by atoms with van der Waals surface area (Å²) < 4.78 is 2.50. The summed E-state index contributed by atoms with van der Waals surface area (Å²) in [5, 5.41) is 7.52. The van der Waals surface area contributed by atoms with Crippen molar-refractivity contribution in [3.05, 3.63) is 157 Å². The summed E-state index contributed by atoms with van der Waals surface area (Å²) >= 11 is 0. The van der Waals surface area contributed by atoms with Gasteiger partial charge in [-0.25, -0.2) is 0 Å². The highest BCUT2D eigenvalue weighted by molar-refractivity contribution is 6.15. The maximum absolute atomic E-state index is 2.50. The maximum Gasteiger partial charge on any atom is 0.0618 e. The lowest BCUT2D eigenvalue weighted by atomic mass is 9.86. The molecule has 44 heavy (non-hydrogen) atoms. The summed E-state index contributed by atoms with van der Waals surface area (Å²) in [4.78, 5) is 2.35. The molecule has 0 saturated heterocycles. The van der Waals surface area contributed by atoms with Crippen LogP contribution < -0.4 is 4.90 Å². The molecule has 0 fully saturated rings. The average molecular weight is 567 g/mol. The van der Waals surface area contributed by atoms with Crippen molar-refractivity contribution in [3.63, 3.8) is 0 Å². The number of anilines is 3. The predicted molar refractivity (Wildman–Crippen MR) is 189 cm³/mol. The third-order valence-corrected chi connectivity index (χ3v) is 8.87. The topological polar surface area (TPSA) is 8.17 Å². The van der Waals surface area contributed by atoms with Crippen molar-refractivity contribution < 1.29 is 0 Å². The highest BCUT2D eigenvalue weighted by Gasteiger charge is 2.22. The van der Waals surface area contributed by atoms with Crippen molar-refractivity contribution in [1.82, 2.24) is 4.57 Å². The van der Waals surface area contributed by atoms with E-state index in [2.05, 4.69) is 182 Å². The molecular formula is C42H34N2. The van der Waals surface area contributed by atoms with Gasteiger partial charge in [-0.3, -0.25) is 0 Å². The van der Waals surface area contributed by atoms with Gasteiger partial charge in [0.15, 0.2) is 0 Å². The Morgan fingerprint density at radius 1 is 0.432 bits per heavy atom. The van der Waals surface area contributed by atoms with Crippen molar-refractivity contribution in [2.24, 2.45) is 0 Å². The molecule has 7 aromatic carbocycles. The molecule has 0 aliphatic rings. The quantitative estimate of drug-likeness (QED) is 0.192. The largest absolute Gasteiger partial charge is 0.310 e. The molecule has 0 unspecified atom stereocenters. The number of nitrogens with zero attached hydrogens (tertiary/aromatic N) is 2. The Labute approximate surface area is 258 Å². The van der Waals surface area contributed by atoms with Gasteiger partial charge in [0.1, 0.15) is 0 Å². The highest BCUT2D eigenvalue weighted by Crippen LogP contribution is 2.43. The normalized spacial score (nSPS) is 12.0. The van der Waals surface area contributed by atoms with Gasteiger partial charge >= 0.3 is 0 Å². The molecule has 0 radical (unpaired) electrons. The van der Waals surface area contributed by atoms with E-state index < -0.39 is 0 Å². The molecule has 0 spiro atoms. The third kappa shape index (κ3) is 4.26. The molecule has 8 rings (SSSR count). The van der Waals surface area contributed by atoms with E-state index in [4.69, 9.17) is 0 Å². The first-order chi connectivity index (χ1) is 21.5. The molecule has 0 amide bonds. The van der Waals surface area contributed by atoms with Crippen LogP contribution in [0.5, 0.6) is 0 Å². The van der Waals surface area contributed by atoms with Crippen molar-refractivity contribution in [3.8, 4) is 5.69 Å². The van der Waals surface area contributed by atoms with E-state index in [9.17, 15) is 0 Å². The van der Waals surface area contributed by atoms with E-state index in [1.165, 1.54) is 54.6 Å². The van der Waals surface area contributed by atoms with Crippen LogP contribution in [-0.2, 0) is 5.41 Å². The molecule has 0 atom stereocenters. The maximum atomic E-state index is 2.50. The summed E-state index contributed by atoms with van der Waals surface area (Å²) in [6.07, 6.45) is 0. The summed E-state index contributed by atoms with van der Waals surface area (Å²) in [7, 11) is 0. The second-order valence-corrected chi connectivity index (χ2v) is 12.7. The number of hydrogen-bond donors (Lipinski definition) is 0. The van der Waals surface area contributed by atoms with Crippen LogP contribution >= 0.6 is 0 Å². The molecule has 2 heteroatoms. The first kappa shape index (κ1) is 26.3. The van der Waals surface area contributed by atoms with Gasteiger partial charge in [-0.1, -0.05) is 112 Å². The van der Waals surface area contributed by atoms with Gasteiger partial charge < -0.3 is 9.47 Å². The second-order valence-electron chi connectivity index (χ2n) is 12.7. The van der Waals surface area contributed by atoms with Crippen LogP contribution in [0.1, 0.15) is 26.3 Å². The molecule has 212 valence electrons. The van der Waals surface area contributed by atoms with Crippen LogP contribution in [0.25, 0.3) is 49.0 Å². The standard InChI is InChI=1S/C42H34N2/c1-42(2,3)31-22-24-39-37(27-31)38-28-34(43(32-16-6-4-7-17-32)33-18-8-5-9-19-33)23-25-40(38)44(39)41-35-20-12-10-14-29(35)26-30-15-11-13-21-36(30)41/h4-28H,1-3H3. The van der Waals surface area contributed by atoms with E-state index >= 15 is 0 Å². The van der Waals surface area contributed by atoms with E-state index in [1.807, 2.05) is 0 Å². The van der Waals surface area contributed by atoms with E-state index in [1.54, 1.807) is 0 Å². The lowest BCUT2D eigenvalue weighted by Crippen LogP contribution is -2.10. The Hall–Kier alpha value is -5.34. The van der Waals surface area contributed by atoms with Gasteiger partial charge in [-0.2, -0.15) is 0 Å². The third-order valence-electron chi connectivity index (χ3n) is 8.87. The Bertz CT molecular complexity index is 2210. The van der Waals surface area contributed by atoms with E-state index in [-0.39, 0.29) is 5.41 Å². The molecule has 8 aromatic rings. The van der Waals surface area contributed by atoms with Gasteiger partial charge in [0, 0.05) is 38.6 Å². The number of hydrogen-bond acceptors (Lipinski definition) is 1. The van der Waals surface area contributed by atoms with Crippen molar-refractivity contribution >= 4 is 60.4 Å². The summed E-state index contributed by atoms with van der Waals surface area (Å²) in [6.45, 7) is 6.89. The number of para-hydroxylation sites is 2. The number of benzene rings is 7. The lowest BCUT2D eigenvalue weighted by Gasteiger charge is -2.25. The van der Waals surface area contributed by atoms with Crippen LogP contribution in [-0.4, -0.2) is 4.57 Å². The van der Waals surface area contributed by atoms with E-state index in [0.29, 0.717) is 0 Å². The molecule has 1 aromatic heterocycles. The van der Waals surface area contributed by atoms with Crippen LogP contribution in [0.4, 0.5) is 17.1 Å². The average Bonchev–Trinajstić information content (AvgIpc) is 3.37. The van der Waals surface area contributed by atoms with Crippen LogP contribution in [0.3, 0.4) is 0 Å². The first-order valence-electron chi connectivity index (χ1n) is 15.4. The summed E-state index contributed by atoms with van der Waals surface area (Å²) in [5.74, 6) is 0. The van der Waals surface area contributed by atoms with Gasteiger partial charge in [0.05, 0.1) is 16.7 Å². The minimum absolute atomic E-state index is 0.0342. The fraction of sp³-hybridized carbons (Fsp3) is 0.0952. The molecular weight excluding hydrogens is 532 g/mol. The van der Waals surface area contributed by atoms with E-state index in [0.717, 1.165) is 17.1 Å².